The molecule has 0 spiro atoms. The lowest BCUT2D eigenvalue weighted by atomic mass is 10.2. The van der Waals surface area contributed by atoms with E-state index >= 15 is 0 Å². The number of benzene rings is 2. The number of non-ortho nitro benzene ring substituents is 1. The average Bonchev–Trinajstić information content (AvgIpc) is 2.66. The summed E-state index contributed by atoms with van der Waals surface area (Å²) < 4.78 is 5.70. The van der Waals surface area contributed by atoms with E-state index in [0.29, 0.717) is 21.3 Å². The first-order valence-electron chi connectivity index (χ1n) is 7.59. The van der Waals surface area contributed by atoms with Gasteiger partial charge in [-0.15, -0.1) is 0 Å². The molecule has 2 aromatic rings. The van der Waals surface area contributed by atoms with Crippen LogP contribution >= 0.6 is 15.9 Å². The van der Waals surface area contributed by atoms with Crippen molar-refractivity contribution in [2.75, 3.05) is 13.7 Å². The molecule has 0 aliphatic heterocycles. The van der Waals surface area contributed by atoms with Crippen molar-refractivity contribution in [2.45, 2.75) is 0 Å². The van der Waals surface area contributed by atoms with Crippen LogP contribution in [0.25, 0.3) is 0 Å². The topological polar surface area (TPSA) is 123 Å². The molecular weight excluding hydrogens is 420 g/mol. The lowest BCUT2D eigenvalue weighted by Gasteiger charge is -2.06. The molecule has 2 amide bonds. The third kappa shape index (κ3) is 5.61. The van der Waals surface area contributed by atoms with Crippen LogP contribution in [0.5, 0.6) is 5.75 Å². The lowest BCUT2D eigenvalue weighted by molar-refractivity contribution is -0.384. The smallest absolute Gasteiger partial charge is 0.270 e. The maximum absolute atomic E-state index is 12.0. The van der Waals surface area contributed by atoms with Gasteiger partial charge in [0.15, 0.2) is 0 Å². The number of hydrogen-bond donors (Lipinski definition) is 2. The molecule has 2 aromatic carbocycles. The van der Waals surface area contributed by atoms with Crippen molar-refractivity contribution >= 4 is 39.6 Å². The van der Waals surface area contributed by atoms with Crippen LogP contribution in [-0.2, 0) is 4.79 Å². The van der Waals surface area contributed by atoms with Gasteiger partial charge in [-0.05, 0) is 34.1 Å². The maximum Gasteiger partial charge on any atom is 0.270 e. The number of halogens is 1. The van der Waals surface area contributed by atoms with E-state index in [1.54, 1.807) is 24.3 Å². The Hall–Kier alpha value is -3.27. The fraction of sp³-hybridized carbons (Fsp3) is 0.118. The molecule has 2 rings (SSSR count). The minimum absolute atomic E-state index is 0.135. The number of methoxy groups -OCH3 is 1. The van der Waals surface area contributed by atoms with Crippen LogP contribution < -0.4 is 15.5 Å². The van der Waals surface area contributed by atoms with Crippen molar-refractivity contribution in [3.63, 3.8) is 0 Å². The van der Waals surface area contributed by atoms with Crippen LogP contribution in [0.15, 0.2) is 52.0 Å². The first-order chi connectivity index (χ1) is 12.9. The molecule has 0 aliphatic carbocycles. The minimum Gasteiger partial charge on any atom is -0.496 e. The highest BCUT2D eigenvalue weighted by Gasteiger charge is 2.11. The van der Waals surface area contributed by atoms with E-state index in [1.165, 1.54) is 31.5 Å². The predicted molar refractivity (Wildman–Crippen MR) is 102 cm³/mol. The largest absolute Gasteiger partial charge is 0.496 e. The van der Waals surface area contributed by atoms with E-state index < -0.39 is 16.7 Å². The number of nitrogens with one attached hydrogen (secondary N) is 2. The average molecular weight is 435 g/mol. The Morgan fingerprint density at radius 3 is 2.70 bits per heavy atom. The fourth-order valence-corrected chi connectivity index (χ4v) is 2.52. The summed E-state index contributed by atoms with van der Waals surface area (Å²) in [6, 6.07) is 10.8. The van der Waals surface area contributed by atoms with Crippen LogP contribution in [0.2, 0.25) is 0 Å². The van der Waals surface area contributed by atoms with Gasteiger partial charge in [-0.25, -0.2) is 5.43 Å². The highest BCUT2D eigenvalue weighted by Crippen LogP contribution is 2.22. The van der Waals surface area contributed by atoms with Gasteiger partial charge in [0.1, 0.15) is 5.75 Å². The monoisotopic (exact) mass is 434 g/mol. The quantitative estimate of drug-likeness (QED) is 0.392. The number of nitro benzene ring substituents is 1. The van der Waals surface area contributed by atoms with Crippen molar-refractivity contribution in [2.24, 2.45) is 5.10 Å². The number of rotatable bonds is 7. The molecule has 0 unspecified atom stereocenters. The zero-order chi connectivity index (χ0) is 19.8. The van der Waals surface area contributed by atoms with E-state index in [4.69, 9.17) is 4.74 Å². The van der Waals surface area contributed by atoms with Crippen LogP contribution in [0.3, 0.4) is 0 Å². The van der Waals surface area contributed by atoms with Gasteiger partial charge in [-0.3, -0.25) is 19.7 Å². The van der Waals surface area contributed by atoms with Gasteiger partial charge < -0.3 is 10.1 Å². The van der Waals surface area contributed by atoms with Crippen LogP contribution in [0, 0.1) is 10.1 Å². The summed E-state index contributed by atoms with van der Waals surface area (Å²) in [7, 11) is 1.41. The molecule has 0 bridgehead atoms. The van der Waals surface area contributed by atoms with Crippen LogP contribution in [-0.4, -0.2) is 36.6 Å². The molecule has 0 aromatic heterocycles. The van der Waals surface area contributed by atoms with E-state index in [0.717, 1.165) is 0 Å². The number of nitrogens with zero attached hydrogens (tertiary/aromatic N) is 2. The molecule has 0 atom stereocenters. The molecule has 0 saturated carbocycles. The van der Waals surface area contributed by atoms with Crippen LogP contribution in [0.4, 0.5) is 5.69 Å². The summed E-state index contributed by atoms with van der Waals surface area (Å²) in [6.07, 6.45) is 1.22. The Labute approximate surface area is 162 Å². The zero-order valence-electron chi connectivity index (χ0n) is 14.1. The minimum atomic E-state index is -0.559. The summed E-state index contributed by atoms with van der Waals surface area (Å²) >= 11 is 3.26. The summed E-state index contributed by atoms with van der Waals surface area (Å²) in [5, 5.41) is 17.0. The Morgan fingerprint density at radius 2 is 2.04 bits per heavy atom. The molecule has 0 aliphatic rings. The summed E-state index contributed by atoms with van der Waals surface area (Å²) in [5.41, 5.74) is 2.82. The van der Waals surface area contributed by atoms with Gasteiger partial charge in [0, 0.05) is 22.2 Å². The molecule has 9 nitrogen and oxygen atoms in total. The number of amides is 2. The molecule has 0 radical (unpaired) electrons. The highest BCUT2D eigenvalue weighted by atomic mass is 79.9. The van der Waals surface area contributed by atoms with Gasteiger partial charge in [-0.2, -0.15) is 5.10 Å². The summed E-state index contributed by atoms with van der Waals surface area (Å²) in [5.74, 6) is -0.612. The molecule has 0 heterocycles. The maximum atomic E-state index is 12.0. The van der Waals surface area contributed by atoms with Crippen molar-refractivity contribution in [1.82, 2.24) is 10.7 Å². The number of hydrazone groups is 1. The highest BCUT2D eigenvalue weighted by molar-refractivity contribution is 9.10. The Balaban J connectivity index is 1.93. The number of carbonyl (C=O) groups is 2. The molecular formula is C17H15BrN4O5. The number of hydrogen-bond acceptors (Lipinski definition) is 6. The normalized spacial score (nSPS) is 10.4. The predicted octanol–water partition coefficient (Wildman–Crippen LogP) is 2.25. The van der Waals surface area contributed by atoms with E-state index in [2.05, 4.69) is 31.8 Å². The number of ether oxygens (including phenoxy) is 1. The second kappa shape index (κ2) is 9.43. The van der Waals surface area contributed by atoms with Crippen LogP contribution in [0.1, 0.15) is 15.9 Å². The summed E-state index contributed by atoms with van der Waals surface area (Å²) in [4.78, 5) is 34.1. The first kappa shape index (κ1) is 20.0. The van der Waals surface area contributed by atoms with Gasteiger partial charge in [0.2, 0.25) is 0 Å². The number of carbonyl (C=O) groups excluding carboxylic acids is 2. The molecule has 27 heavy (non-hydrogen) atoms. The summed E-state index contributed by atoms with van der Waals surface area (Å²) in [6.45, 7) is -0.288. The second-order valence-electron chi connectivity index (χ2n) is 5.14. The Kier molecular flexibility index (Phi) is 7.00. The molecule has 10 heteroatoms. The number of nitro groups is 1. The molecule has 140 valence electrons. The third-order valence-corrected chi connectivity index (χ3v) is 4.04. The van der Waals surface area contributed by atoms with E-state index in [1.807, 2.05) is 0 Å². The molecule has 2 N–H and O–H groups in total. The lowest BCUT2D eigenvalue weighted by Crippen LogP contribution is -2.35. The first-order valence-corrected chi connectivity index (χ1v) is 8.38. The van der Waals surface area contributed by atoms with Crippen molar-refractivity contribution in [3.05, 3.63) is 68.2 Å². The Bertz CT molecular complexity index is 901. The third-order valence-electron chi connectivity index (χ3n) is 3.34. The van der Waals surface area contributed by atoms with Crippen molar-refractivity contribution < 1.29 is 19.2 Å². The molecule has 0 saturated heterocycles. The van der Waals surface area contributed by atoms with Crippen molar-refractivity contribution in [3.8, 4) is 5.75 Å². The second-order valence-corrected chi connectivity index (χ2v) is 5.99. The molecule has 0 fully saturated rings. The van der Waals surface area contributed by atoms with E-state index in [9.17, 15) is 19.7 Å². The van der Waals surface area contributed by atoms with Gasteiger partial charge in [-0.1, -0.05) is 12.1 Å². The van der Waals surface area contributed by atoms with Crippen molar-refractivity contribution in [1.29, 1.82) is 0 Å². The fourth-order valence-electron chi connectivity index (χ4n) is 2.05. The zero-order valence-corrected chi connectivity index (χ0v) is 15.7. The Morgan fingerprint density at radius 1 is 1.30 bits per heavy atom. The SMILES string of the molecule is COc1ccc([N+](=O)[O-])cc1/C=N/NC(=O)CNC(=O)c1ccccc1Br. The van der Waals surface area contributed by atoms with Gasteiger partial charge in [0.05, 0.1) is 30.4 Å². The van der Waals surface area contributed by atoms with Gasteiger partial charge >= 0.3 is 0 Å². The van der Waals surface area contributed by atoms with Gasteiger partial charge in [0.25, 0.3) is 17.5 Å². The standard InChI is InChI=1S/C17H15BrN4O5/c1-27-15-7-6-12(22(25)26)8-11(15)9-20-21-16(23)10-19-17(24)13-4-2-3-5-14(13)18/h2-9H,10H2,1H3,(H,19,24)(H,21,23)/b20-9+. The van der Waals surface area contributed by atoms with E-state index in [-0.39, 0.29) is 12.2 Å².